The fourth-order valence-electron chi connectivity index (χ4n) is 1.64. The first-order valence-electron chi connectivity index (χ1n) is 5.50. The monoisotopic (exact) mass is 247 g/mol. The molecule has 4 N–H and O–H groups in total. The zero-order valence-electron chi connectivity index (χ0n) is 9.89. The van der Waals surface area contributed by atoms with Gasteiger partial charge in [0.1, 0.15) is 23.8 Å². The lowest BCUT2D eigenvalue weighted by Gasteiger charge is -2.15. The second-order valence-corrected chi connectivity index (χ2v) is 3.82. The van der Waals surface area contributed by atoms with Gasteiger partial charge in [-0.1, -0.05) is 18.2 Å². The normalized spacial score (nSPS) is 11.9. The zero-order chi connectivity index (χ0) is 13.0. The summed E-state index contributed by atoms with van der Waals surface area (Å²) >= 11 is 0. The van der Waals surface area contributed by atoms with E-state index in [1.54, 1.807) is 24.3 Å². The molecule has 1 unspecified atom stereocenters. The molecule has 0 saturated carbocycles. The molecule has 2 rings (SSSR count). The molecular formula is C12H14FN5. The van der Waals surface area contributed by atoms with Crippen molar-refractivity contribution in [2.75, 3.05) is 10.7 Å². The van der Waals surface area contributed by atoms with Crippen molar-refractivity contribution in [1.82, 2.24) is 9.97 Å². The van der Waals surface area contributed by atoms with Crippen molar-refractivity contribution in [3.05, 3.63) is 48.0 Å². The molecule has 0 fully saturated rings. The summed E-state index contributed by atoms with van der Waals surface area (Å²) in [6.45, 7) is 1.86. The molecule has 94 valence electrons. The number of nitrogens with zero attached hydrogens (tertiary/aromatic N) is 2. The lowest BCUT2D eigenvalue weighted by molar-refractivity contribution is 0.600. The molecule has 0 amide bonds. The first-order valence-corrected chi connectivity index (χ1v) is 5.50. The maximum atomic E-state index is 13.6. The number of hydrazine groups is 1. The van der Waals surface area contributed by atoms with E-state index in [9.17, 15) is 4.39 Å². The summed E-state index contributed by atoms with van der Waals surface area (Å²) in [5.74, 6) is 6.08. The van der Waals surface area contributed by atoms with Crippen LogP contribution < -0.4 is 16.6 Å². The molecule has 18 heavy (non-hydrogen) atoms. The number of nitrogens with one attached hydrogen (secondary N) is 2. The van der Waals surface area contributed by atoms with E-state index in [4.69, 9.17) is 5.84 Å². The van der Waals surface area contributed by atoms with Gasteiger partial charge in [-0.25, -0.2) is 20.2 Å². The van der Waals surface area contributed by atoms with Crippen LogP contribution in [0.4, 0.5) is 16.0 Å². The average molecular weight is 247 g/mol. The second kappa shape index (κ2) is 5.42. The molecule has 0 aliphatic carbocycles. The van der Waals surface area contributed by atoms with E-state index in [2.05, 4.69) is 20.7 Å². The van der Waals surface area contributed by atoms with E-state index in [1.165, 1.54) is 12.4 Å². The Morgan fingerprint density at radius 3 is 2.67 bits per heavy atom. The van der Waals surface area contributed by atoms with Gasteiger partial charge < -0.3 is 10.7 Å². The SMILES string of the molecule is CC(Nc1cc(NN)ncn1)c1ccccc1F. The Hall–Kier alpha value is -2.21. The Morgan fingerprint density at radius 2 is 1.94 bits per heavy atom. The van der Waals surface area contributed by atoms with Gasteiger partial charge in [-0.2, -0.15) is 0 Å². The summed E-state index contributed by atoms with van der Waals surface area (Å²) in [5.41, 5.74) is 3.01. The molecule has 0 aliphatic rings. The fraction of sp³-hybridized carbons (Fsp3) is 0.167. The predicted octanol–water partition coefficient (Wildman–Crippen LogP) is 2.07. The lowest BCUT2D eigenvalue weighted by atomic mass is 10.1. The number of anilines is 2. The van der Waals surface area contributed by atoms with Crippen LogP contribution in [-0.4, -0.2) is 9.97 Å². The Labute approximate surface area is 104 Å². The van der Waals surface area contributed by atoms with Crippen LogP contribution in [-0.2, 0) is 0 Å². The number of nitrogen functional groups attached to an aromatic ring is 1. The minimum Gasteiger partial charge on any atom is -0.363 e. The number of benzene rings is 1. The summed E-state index contributed by atoms with van der Waals surface area (Å²) in [5, 5.41) is 3.09. The van der Waals surface area contributed by atoms with Crippen molar-refractivity contribution in [2.45, 2.75) is 13.0 Å². The van der Waals surface area contributed by atoms with Crippen molar-refractivity contribution in [2.24, 2.45) is 5.84 Å². The Kier molecular flexibility index (Phi) is 3.69. The molecule has 1 aromatic heterocycles. The largest absolute Gasteiger partial charge is 0.363 e. The molecule has 5 nitrogen and oxygen atoms in total. The average Bonchev–Trinajstić information content (AvgIpc) is 2.39. The number of hydrogen-bond donors (Lipinski definition) is 3. The van der Waals surface area contributed by atoms with Crippen molar-refractivity contribution in [3.8, 4) is 0 Å². The molecule has 2 aromatic rings. The van der Waals surface area contributed by atoms with Crippen LogP contribution in [0.5, 0.6) is 0 Å². The number of rotatable bonds is 4. The van der Waals surface area contributed by atoms with Crippen molar-refractivity contribution in [1.29, 1.82) is 0 Å². The summed E-state index contributed by atoms with van der Waals surface area (Å²) in [6, 6.07) is 8.07. The minimum absolute atomic E-state index is 0.202. The zero-order valence-corrected chi connectivity index (χ0v) is 9.89. The van der Waals surface area contributed by atoms with Crippen molar-refractivity contribution >= 4 is 11.6 Å². The van der Waals surface area contributed by atoms with Gasteiger partial charge in [0.25, 0.3) is 0 Å². The van der Waals surface area contributed by atoms with Crippen LogP contribution in [0.1, 0.15) is 18.5 Å². The minimum atomic E-state index is -0.247. The van der Waals surface area contributed by atoms with Crippen LogP contribution in [0.2, 0.25) is 0 Å². The highest BCUT2D eigenvalue weighted by molar-refractivity contribution is 5.47. The highest BCUT2D eigenvalue weighted by atomic mass is 19.1. The van der Waals surface area contributed by atoms with E-state index in [-0.39, 0.29) is 11.9 Å². The lowest BCUT2D eigenvalue weighted by Crippen LogP contribution is -2.12. The number of nitrogens with two attached hydrogens (primary N) is 1. The standard InChI is InChI=1S/C12H14FN5/c1-8(9-4-2-3-5-10(9)13)17-11-6-12(18-14)16-7-15-11/h2-8H,14H2,1H3,(H2,15,16,17,18). The Morgan fingerprint density at radius 1 is 1.22 bits per heavy atom. The first kappa shape index (κ1) is 12.3. The van der Waals surface area contributed by atoms with Crippen LogP contribution in [0, 0.1) is 5.82 Å². The van der Waals surface area contributed by atoms with E-state index >= 15 is 0 Å². The number of halogens is 1. The van der Waals surface area contributed by atoms with Gasteiger partial charge in [-0.3, -0.25) is 0 Å². The van der Waals surface area contributed by atoms with E-state index in [1.807, 2.05) is 6.92 Å². The maximum absolute atomic E-state index is 13.6. The molecule has 1 heterocycles. The van der Waals surface area contributed by atoms with Gasteiger partial charge in [-0.15, -0.1) is 0 Å². The van der Waals surface area contributed by atoms with Gasteiger partial charge in [0, 0.05) is 11.6 Å². The summed E-state index contributed by atoms with van der Waals surface area (Å²) < 4.78 is 13.6. The quantitative estimate of drug-likeness (QED) is 0.569. The van der Waals surface area contributed by atoms with Gasteiger partial charge in [0.2, 0.25) is 0 Å². The molecular weight excluding hydrogens is 233 g/mol. The smallest absolute Gasteiger partial charge is 0.145 e. The number of hydrogen-bond acceptors (Lipinski definition) is 5. The molecule has 1 atom stereocenters. The molecule has 0 spiro atoms. The van der Waals surface area contributed by atoms with Crippen LogP contribution in [0.3, 0.4) is 0 Å². The highest BCUT2D eigenvalue weighted by Gasteiger charge is 2.10. The van der Waals surface area contributed by atoms with E-state index in [0.29, 0.717) is 17.2 Å². The van der Waals surface area contributed by atoms with Gasteiger partial charge in [0.15, 0.2) is 0 Å². The van der Waals surface area contributed by atoms with Crippen molar-refractivity contribution < 1.29 is 4.39 Å². The third-order valence-electron chi connectivity index (χ3n) is 2.55. The molecule has 6 heteroatoms. The van der Waals surface area contributed by atoms with Gasteiger partial charge in [-0.05, 0) is 13.0 Å². The van der Waals surface area contributed by atoms with Gasteiger partial charge in [0.05, 0.1) is 6.04 Å². The topological polar surface area (TPSA) is 75.9 Å². The van der Waals surface area contributed by atoms with E-state index < -0.39 is 0 Å². The second-order valence-electron chi connectivity index (χ2n) is 3.82. The fourth-order valence-corrected chi connectivity index (χ4v) is 1.64. The molecule has 0 aliphatic heterocycles. The van der Waals surface area contributed by atoms with Crippen LogP contribution in [0.15, 0.2) is 36.7 Å². The first-order chi connectivity index (χ1) is 8.70. The molecule has 1 aromatic carbocycles. The Balaban J connectivity index is 2.16. The highest BCUT2D eigenvalue weighted by Crippen LogP contribution is 2.20. The van der Waals surface area contributed by atoms with Crippen LogP contribution in [0.25, 0.3) is 0 Å². The van der Waals surface area contributed by atoms with Gasteiger partial charge >= 0.3 is 0 Å². The maximum Gasteiger partial charge on any atom is 0.145 e. The predicted molar refractivity (Wildman–Crippen MR) is 68.3 cm³/mol. The third kappa shape index (κ3) is 2.72. The van der Waals surface area contributed by atoms with Crippen LogP contribution >= 0.6 is 0 Å². The molecule has 0 radical (unpaired) electrons. The molecule has 0 bridgehead atoms. The molecule has 0 saturated heterocycles. The summed E-state index contributed by atoms with van der Waals surface area (Å²) in [4.78, 5) is 7.94. The van der Waals surface area contributed by atoms with Crippen molar-refractivity contribution in [3.63, 3.8) is 0 Å². The third-order valence-corrected chi connectivity index (χ3v) is 2.55. The Bertz CT molecular complexity index is 531. The van der Waals surface area contributed by atoms with E-state index in [0.717, 1.165) is 0 Å². The summed E-state index contributed by atoms with van der Waals surface area (Å²) in [7, 11) is 0. The summed E-state index contributed by atoms with van der Waals surface area (Å²) in [6.07, 6.45) is 1.38. The number of aromatic nitrogens is 2.